The number of nitrogens with zero attached hydrogens (tertiary/aromatic N) is 1. The highest BCUT2D eigenvalue weighted by atomic mass is 35.5. The van der Waals surface area contributed by atoms with E-state index in [0.717, 1.165) is 25.8 Å². The number of rotatable bonds is 3. The van der Waals surface area contributed by atoms with E-state index in [0.29, 0.717) is 29.2 Å². The number of piperidine rings is 1. The van der Waals surface area contributed by atoms with E-state index in [1.54, 1.807) is 18.2 Å². The van der Waals surface area contributed by atoms with Gasteiger partial charge in [0.15, 0.2) is 0 Å². The van der Waals surface area contributed by atoms with Crippen molar-refractivity contribution in [1.82, 2.24) is 10.2 Å². The lowest BCUT2D eigenvalue weighted by molar-refractivity contribution is -0.117. The van der Waals surface area contributed by atoms with Gasteiger partial charge in [0.05, 0.1) is 22.7 Å². The summed E-state index contributed by atoms with van der Waals surface area (Å²) in [6.45, 7) is 3.23. The molecule has 6 nitrogen and oxygen atoms in total. The Morgan fingerprint density at radius 2 is 2.12 bits per heavy atom. The number of benzene rings is 1. The highest BCUT2D eigenvalue weighted by molar-refractivity contribution is 6.34. The van der Waals surface area contributed by atoms with Crippen molar-refractivity contribution in [3.63, 3.8) is 0 Å². The molecule has 0 spiro atoms. The lowest BCUT2D eigenvalue weighted by atomic mass is 10.0. The molecule has 1 aromatic rings. The molecule has 2 heterocycles. The topological polar surface area (TPSA) is 81.7 Å². The number of anilines is 1. The molecule has 3 atom stereocenters. The van der Waals surface area contributed by atoms with E-state index in [4.69, 9.17) is 11.6 Å². The standard InChI is InChI=1S/C18H24ClN3O3.ClH/c1-11-4-2-3-7-22(11)18(25)14-6-5-12(8-15(14)19)21-17(24)16-9-13(23)10-20-16;/h5-6,8,11,13,16,20,23H,2-4,7,9-10H2,1H3,(H,21,24);1H. The van der Waals surface area contributed by atoms with Gasteiger partial charge in [0.1, 0.15) is 0 Å². The van der Waals surface area contributed by atoms with Gasteiger partial charge in [-0.1, -0.05) is 11.6 Å². The first kappa shape index (κ1) is 21.0. The average molecular weight is 402 g/mol. The Balaban J connectivity index is 0.00000243. The SMILES string of the molecule is CC1CCCCN1C(=O)c1ccc(NC(=O)C2CC(O)CN2)cc1Cl.Cl. The number of hydrogen-bond donors (Lipinski definition) is 3. The molecule has 2 aliphatic heterocycles. The Hall–Kier alpha value is -1.34. The van der Waals surface area contributed by atoms with Crippen LogP contribution in [0.25, 0.3) is 0 Å². The summed E-state index contributed by atoms with van der Waals surface area (Å²) in [7, 11) is 0. The minimum Gasteiger partial charge on any atom is -0.392 e. The van der Waals surface area contributed by atoms with E-state index < -0.39 is 12.1 Å². The van der Waals surface area contributed by atoms with Crippen LogP contribution in [0.2, 0.25) is 5.02 Å². The maximum Gasteiger partial charge on any atom is 0.255 e. The zero-order valence-corrected chi connectivity index (χ0v) is 16.3. The van der Waals surface area contributed by atoms with E-state index in [1.165, 1.54) is 0 Å². The number of carbonyl (C=O) groups excluding carboxylic acids is 2. The summed E-state index contributed by atoms with van der Waals surface area (Å²) in [5.41, 5.74) is 1.00. The molecule has 3 rings (SSSR count). The van der Waals surface area contributed by atoms with Gasteiger partial charge >= 0.3 is 0 Å². The number of halogens is 2. The summed E-state index contributed by atoms with van der Waals surface area (Å²) < 4.78 is 0. The molecule has 8 heteroatoms. The Morgan fingerprint density at radius 3 is 2.73 bits per heavy atom. The number of β-amino-alcohol motifs (C(OH)–C–C–N with tert-alkyl or cyclic N) is 1. The van der Waals surface area contributed by atoms with Crippen LogP contribution in [0.3, 0.4) is 0 Å². The van der Waals surface area contributed by atoms with Gasteiger partial charge in [0.2, 0.25) is 5.91 Å². The minimum atomic E-state index is -0.495. The number of aliphatic hydroxyl groups excluding tert-OH is 1. The maximum absolute atomic E-state index is 12.7. The van der Waals surface area contributed by atoms with Crippen molar-refractivity contribution in [1.29, 1.82) is 0 Å². The summed E-state index contributed by atoms with van der Waals surface area (Å²) in [5.74, 6) is -0.271. The largest absolute Gasteiger partial charge is 0.392 e. The van der Waals surface area contributed by atoms with Gasteiger partial charge in [-0.05, 0) is 50.8 Å². The third kappa shape index (κ3) is 4.68. The normalized spacial score (nSPS) is 25.5. The van der Waals surface area contributed by atoms with Crippen LogP contribution in [0.1, 0.15) is 43.0 Å². The number of amides is 2. The molecule has 0 aliphatic carbocycles. The molecule has 0 radical (unpaired) electrons. The number of likely N-dealkylation sites (tertiary alicyclic amines) is 1. The first-order valence-electron chi connectivity index (χ1n) is 8.78. The molecule has 144 valence electrons. The lowest BCUT2D eigenvalue weighted by Gasteiger charge is -2.33. The lowest BCUT2D eigenvalue weighted by Crippen LogP contribution is -2.42. The molecular formula is C18H25Cl2N3O3. The average Bonchev–Trinajstić information content (AvgIpc) is 3.01. The molecule has 0 saturated carbocycles. The fourth-order valence-corrected chi connectivity index (χ4v) is 3.73. The van der Waals surface area contributed by atoms with Crippen LogP contribution in [0, 0.1) is 0 Å². The molecule has 1 aromatic carbocycles. The van der Waals surface area contributed by atoms with Crippen LogP contribution < -0.4 is 10.6 Å². The predicted molar refractivity (Wildman–Crippen MR) is 104 cm³/mol. The molecule has 2 amide bonds. The minimum absolute atomic E-state index is 0. The van der Waals surface area contributed by atoms with Crippen LogP contribution in [0.5, 0.6) is 0 Å². The van der Waals surface area contributed by atoms with Gasteiger partial charge < -0.3 is 20.6 Å². The number of hydrogen-bond acceptors (Lipinski definition) is 4. The molecule has 2 aliphatic rings. The highest BCUT2D eigenvalue weighted by Crippen LogP contribution is 2.26. The smallest absolute Gasteiger partial charge is 0.255 e. The molecule has 2 saturated heterocycles. The summed E-state index contributed by atoms with van der Waals surface area (Å²) >= 11 is 6.30. The van der Waals surface area contributed by atoms with Crippen LogP contribution >= 0.6 is 24.0 Å². The fourth-order valence-electron chi connectivity index (χ4n) is 3.47. The van der Waals surface area contributed by atoms with Crippen molar-refractivity contribution in [3.8, 4) is 0 Å². The highest BCUT2D eigenvalue weighted by Gasteiger charge is 2.29. The van der Waals surface area contributed by atoms with E-state index in [2.05, 4.69) is 17.6 Å². The van der Waals surface area contributed by atoms with Gasteiger partial charge in [-0.25, -0.2) is 0 Å². The van der Waals surface area contributed by atoms with E-state index >= 15 is 0 Å². The van der Waals surface area contributed by atoms with Crippen molar-refractivity contribution in [3.05, 3.63) is 28.8 Å². The maximum atomic E-state index is 12.7. The Morgan fingerprint density at radius 1 is 1.35 bits per heavy atom. The first-order valence-corrected chi connectivity index (χ1v) is 9.16. The monoisotopic (exact) mass is 401 g/mol. The van der Waals surface area contributed by atoms with E-state index in [-0.39, 0.29) is 30.3 Å². The second-order valence-corrected chi connectivity index (χ2v) is 7.28. The molecule has 2 fully saturated rings. The Bertz CT molecular complexity index is 671. The molecule has 0 aromatic heterocycles. The summed E-state index contributed by atoms with van der Waals surface area (Å²) in [4.78, 5) is 26.8. The third-order valence-electron chi connectivity index (χ3n) is 4.96. The van der Waals surface area contributed by atoms with Crippen molar-refractivity contribution in [2.75, 3.05) is 18.4 Å². The van der Waals surface area contributed by atoms with Gasteiger partial charge in [-0.2, -0.15) is 0 Å². The number of carbonyl (C=O) groups is 2. The molecule has 3 unspecified atom stereocenters. The van der Waals surface area contributed by atoms with Crippen molar-refractivity contribution >= 4 is 41.5 Å². The zero-order chi connectivity index (χ0) is 18.0. The van der Waals surface area contributed by atoms with Crippen LogP contribution in [0.4, 0.5) is 5.69 Å². The molecule has 3 N–H and O–H groups in total. The molecule has 26 heavy (non-hydrogen) atoms. The first-order chi connectivity index (χ1) is 12.0. The molecule has 0 bridgehead atoms. The summed E-state index contributed by atoms with van der Waals surface area (Å²) in [6.07, 6.45) is 3.07. The van der Waals surface area contributed by atoms with Crippen LogP contribution in [-0.2, 0) is 4.79 Å². The van der Waals surface area contributed by atoms with Crippen LogP contribution in [0.15, 0.2) is 18.2 Å². The van der Waals surface area contributed by atoms with Gasteiger partial charge in [0, 0.05) is 24.8 Å². The zero-order valence-electron chi connectivity index (χ0n) is 14.7. The Labute approximate surface area is 164 Å². The van der Waals surface area contributed by atoms with Gasteiger partial charge in [-0.3, -0.25) is 9.59 Å². The Kier molecular flexibility index (Phi) is 7.29. The number of aliphatic hydroxyl groups is 1. The third-order valence-corrected chi connectivity index (χ3v) is 5.27. The number of nitrogens with one attached hydrogen (secondary N) is 2. The van der Waals surface area contributed by atoms with E-state index in [9.17, 15) is 14.7 Å². The summed E-state index contributed by atoms with van der Waals surface area (Å²) in [5, 5.41) is 15.6. The van der Waals surface area contributed by atoms with Crippen molar-refractivity contribution in [2.45, 2.75) is 50.8 Å². The summed E-state index contributed by atoms with van der Waals surface area (Å²) in [6, 6.07) is 4.77. The fraction of sp³-hybridized carbons (Fsp3) is 0.556. The second kappa shape index (κ2) is 9.04. The quantitative estimate of drug-likeness (QED) is 0.726. The van der Waals surface area contributed by atoms with Crippen LogP contribution in [-0.4, -0.2) is 53.1 Å². The van der Waals surface area contributed by atoms with Gasteiger partial charge in [0.25, 0.3) is 5.91 Å². The van der Waals surface area contributed by atoms with Crippen molar-refractivity contribution in [2.24, 2.45) is 0 Å². The molecular weight excluding hydrogens is 377 g/mol. The van der Waals surface area contributed by atoms with Gasteiger partial charge in [-0.15, -0.1) is 12.4 Å². The van der Waals surface area contributed by atoms with Crippen molar-refractivity contribution < 1.29 is 14.7 Å². The van der Waals surface area contributed by atoms with E-state index in [1.807, 2.05) is 4.90 Å². The second-order valence-electron chi connectivity index (χ2n) is 6.88. The predicted octanol–water partition coefficient (Wildman–Crippen LogP) is 2.44.